The summed E-state index contributed by atoms with van der Waals surface area (Å²) in [6, 6.07) is 0. The Morgan fingerprint density at radius 2 is 1.50 bits per heavy atom. The molecule has 0 aromatic heterocycles. The summed E-state index contributed by atoms with van der Waals surface area (Å²) in [6.45, 7) is 6.28. The van der Waals surface area contributed by atoms with Crippen LogP contribution in [-0.2, 0) is 4.74 Å². The van der Waals surface area contributed by atoms with E-state index in [9.17, 15) is 0 Å². The average Bonchev–Trinajstić information content (AvgIpc) is 3.46. The fourth-order valence-electron chi connectivity index (χ4n) is 6.13. The molecular formula is C21H36O. The summed E-state index contributed by atoms with van der Waals surface area (Å²) in [5.41, 5.74) is 0.607. The van der Waals surface area contributed by atoms with Crippen molar-refractivity contribution in [2.24, 2.45) is 35.0 Å². The molecule has 3 atom stereocenters. The van der Waals surface area contributed by atoms with E-state index in [0.29, 0.717) is 11.5 Å². The molecule has 22 heavy (non-hydrogen) atoms. The van der Waals surface area contributed by atoms with Crippen molar-refractivity contribution in [3.05, 3.63) is 0 Å². The van der Waals surface area contributed by atoms with Gasteiger partial charge in [0.15, 0.2) is 0 Å². The first-order valence-electron chi connectivity index (χ1n) is 10.3. The minimum atomic E-state index is 0.607. The van der Waals surface area contributed by atoms with Gasteiger partial charge in [-0.15, -0.1) is 0 Å². The molecule has 0 aromatic carbocycles. The number of hydrogen-bond acceptors (Lipinski definition) is 1. The van der Waals surface area contributed by atoms with Gasteiger partial charge in [0.25, 0.3) is 0 Å². The van der Waals surface area contributed by atoms with Gasteiger partial charge in [-0.1, -0.05) is 33.1 Å². The molecule has 0 N–H and O–H groups in total. The van der Waals surface area contributed by atoms with E-state index in [1.165, 1.54) is 70.6 Å². The largest absolute Gasteiger partial charge is 0.373 e. The average molecular weight is 305 g/mol. The first kappa shape index (κ1) is 15.5. The van der Waals surface area contributed by atoms with Gasteiger partial charge < -0.3 is 4.74 Å². The molecule has 0 radical (unpaired) electrons. The summed E-state index contributed by atoms with van der Waals surface area (Å²) in [4.78, 5) is 0. The molecule has 0 bridgehead atoms. The van der Waals surface area contributed by atoms with Gasteiger partial charge in [0, 0.05) is 0 Å². The maximum atomic E-state index is 5.42. The summed E-state index contributed by atoms with van der Waals surface area (Å²) in [6.07, 6.45) is 17.2. The normalized spacial score (nSPS) is 43.1. The summed E-state index contributed by atoms with van der Waals surface area (Å²) < 4.78 is 5.42. The van der Waals surface area contributed by atoms with Crippen molar-refractivity contribution in [1.82, 2.24) is 0 Å². The first-order chi connectivity index (χ1) is 10.6. The summed E-state index contributed by atoms with van der Waals surface area (Å²) in [5, 5.41) is 0. The lowest BCUT2D eigenvalue weighted by Crippen LogP contribution is -2.36. The Morgan fingerprint density at radius 3 is 2.14 bits per heavy atom. The lowest BCUT2D eigenvalue weighted by atomic mass is 9.60. The van der Waals surface area contributed by atoms with Crippen LogP contribution in [0.2, 0.25) is 0 Å². The van der Waals surface area contributed by atoms with Crippen LogP contribution < -0.4 is 0 Å². The number of hydrogen-bond donors (Lipinski definition) is 0. The lowest BCUT2D eigenvalue weighted by molar-refractivity contribution is 0.0447. The highest BCUT2D eigenvalue weighted by Gasteiger charge is 2.47. The van der Waals surface area contributed by atoms with E-state index in [1.807, 2.05) is 0 Å². The molecule has 3 aliphatic carbocycles. The summed E-state index contributed by atoms with van der Waals surface area (Å²) in [7, 11) is 0. The van der Waals surface area contributed by atoms with E-state index < -0.39 is 0 Å². The number of ether oxygens (including phenoxy) is 1. The Kier molecular flexibility index (Phi) is 4.30. The van der Waals surface area contributed by atoms with Crippen molar-refractivity contribution in [2.75, 3.05) is 6.61 Å². The van der Waals surface area contributed by atoms with Crippen molar-refractivity contribution in [3.8, 4) is 0 Å². The molecule has 0 aromatic rings. The monoisotopic (exact) mass is 304 g/mol. The fourth-order valence-corrected chi connectivity index (χ4v) is 6.13. The third-order valence-corrected chi connectivity index (χ3v) is 8.03. The quantitative estimate of drug-likeness (QED) is 0.583. The Balaban J connectivity index is 1.26. The van der Waals surface area contributed by atoms with Gasteiger partial charge in [-0.25, -0.2) is 0 Å². The molecule has 0 spiro atoms. The zero-order chi connectivity index (χ0) is 15.2. The Hall–Kier alpha value is -0.0400. The highest BCUT2D eigenvalue weighted by atomic mass is 16.6. The van der Waals surface area contributed by atoms with Crippen LogP contribution in [-0.4, -0.2) is 12.7 Å². The minimum Gasteiger partial charge on any atom is -0.373 e. The van der Waals surface area contributed by atoms with Crippen LogP contribution >= 0.6 is 0 Å². The molecule has 126 valence electrons. The van der Waals surface area contributed by atoms with Crippen LogP contribution in [0.5, 0.6) is 0 Å². The number of epoxide rings is 1. The zero-order valence-corrected chi connectivity index (χ0v) is 14.9. The molecule has 1 aliphatic heterocycles. The van der Waals surface area contributed by atoms with E-state index in [0.717, 1.165) is 36.2 Å². The molecule has 1 heteroatoms. The van der Waals surface area contributed by atoms with E-state index >= 15 is 0 Å². The van der Waals surface area contributed by atoms with E-state index in [4.69, 9.17) is 4.74 Å². The SMILES string of the molecule is CC(C)(C1CCCCC1)C1CCC([C@@H]2CC2CC2CO2)CC1. The zero-order valence-electron chi connectivity index (χ0n) is 14.9. The highest BCUT2D eigenvalue weighted by Crippen LogP contribution is 2.56. The van der Waals surface area contributed by atoms with Gasteiger partial charge in [-0.3, -0.25) is 0 Å². The van der Waals surface area contributed by atoms with Gasteiger partial charge in [0.2, 0.25) is 0 Å². The molecule has 1 saturated heterocycles. The smallest absolute Gasteiger partial charge is 0.0812 e. The number of rotatable bonds is 5. The van der Waals surface area contributed by atoms with E-state index in [2.05, 4.69) is 13.8 Å². The van der Waals surface area contributed by atoms with Crippen molar-refractivity contribution < 1.29 is 4.74 Å². The molecule has 4 rings (SSSR count). The van der Waals surface area contributed by atoms with E-state index in [1.54, 1.807) is 0 Å². The van der Waals surface area contributed by atoms with Crippen LogP contribution in [0.1, 0.15) is 84.5 Å². The van der Waals surface area contributed by atoms with Crippen LogP contribution in [0.25, 0.3) is 0 Å². The van der Waals surface area contributed by atoms with Crippen LogP contribution in [0, 0.1) is 35.0 Å². The van der Waals surface area contributed by atoms with Crippen molar-refractivity contribution in [3.63, 3.8) is 0 Å². The first-order valence-corrected chi connectivity index (χ1v) is 10.3. The van der Waals surface area contributed by atoms with Gasteiger partial charge in [-0.05, 0) is 86.4 Å². The third-order valence-electron chi connectivity index (χ3n) is 8.03. The molecule has 4 fully saturated rings. The molecule has 1 nitrogen and oxygen atoms in total. The second-order valence-corrected chi connectivity index (χ2v) is 9.62. The molecule has 3 saturated carbocycles. The Bertz CT molecular complexity index is 369. The highest BCUT2D eigenvalue weighted by molar-refractivity contribution is 4.97. The minimum absolute atomic E-state index is 0.607. The second-order valence-electron chi connectivity index (χ2n) is 9.62. The maximum absolute atomic E-state index is 5.42. The van der Waals surface area contributed by atoms with Gasteiger partial charge >= 0.3 is 0 Å². The second kappa shape index (κ2) is 6.11. The van der Waals surface area contributed by atoms with Gasteiger partial charge in [-0.2, -0.15) is 0 Å². The Labute approximate surface area is 137 Å². The fraction of sp³-hybridized carbons (Fsp3) is 1.00. The summed E-state index contributed by atoms with van der Waals surface area (Å²) >= 11 is 0. The van der Waals surface area contributed by atoms with Crippen molar-refractivity contribution >= 4 is 0 Å². The predicted molar refractivity (Wildman–Crippen MR) is 91.8 cm³/mol. The van der Waals surface area contributed by atoms with Gasteiger partial charge in [0.1, 0.15) is 0 Å². The van der Waals surface area contributed by atoms with Crippen LogP contribution in [0.4, 0.5) is 0 Å². The van der Waals surface area contributed by atoms with Crippen molar-refractivity contribution in [2.45, 2.75) is 90.6 Å². The van der Waals surface area contributed by atoms with Gasteiger partial charge in [0.05, 0.1) is 12.7 Å². The molecule has 4 aliphatic rings. The van der Waals surface area contributed by atoms with E-state index in [-0.39, 0.29) is 0 Å². The molecule has 1 heterocycles. The summed E-state index contributed by atoms with van der Waals surface area (Å²) in [5.74, 6) is 5.23. The van der Waals surface area contributed by atoms with Crippen LogP contribution in [0.3, 0.4) is 0 Å². The predicted octanol–water partition coefficient (Wildman–Crippen LogP) is 5.82. The molecule has 0 amide bonds. The third kappa shape index (κ3) is 3.25. The topological polar surface area (TPSA) is 12.5 Å². The van der Waals surface area contributed by atoms with Crippen molar-refractivity contribution in [1.29, 1.82) is 0 Å². The van der Waals surface area contributed by atoms with Crippen LogP contribution in [0.15, 0.2) is 0 Å². The molecule has 2 unspecified atom stereocenters. The lowest BCUT2D eigenvalue weighted by Gasteiger charge is -2.46. The Morgan fingerprint density at radius 1 is 0.864 bits per heavy atom. The molecular weight excluding hydrogens is 268 g/mol. The standard InChI is InChI=1S/C21H36O/c1-21(2,17-6-4-3-5-7-17)18-10-8-15(9-11-18)20-13-16(20)12-19-14-22-19/h15-20H,3-14H2,1-2H3/t15?,16?,18?,19?,20-/m0/s1. The maximum Gasteiger partial charge on any atom is 0.0812 e.